The van der Waals surface area contributed by atoms with E-state index in [1.807, 2.05) is 44.2 Å². The smallest absolute Gasteiger partial charge is 0.252 e. The van der Waals surface area contributed by atoms with Gasteiger partial charge in [-0.25, -0.2) is 0 Å². The van der Waals surface area contributed by atoms with Gasteiger partial charge in [0.15, 0.2) is 0 Å². The van der Waals surface area contributed by atoms with Gasteiger partial charge in [-0.15, -0.1) is 0 Å². The number of aryl methyl sites for hydroxylation is 1. The van der Waals surface area contributed by atoms with Crippen LogP contribution in [0.25, 0.3) is 10.8 Å². The molecule has 0 spiro atoms. The second-order valence-corrected chi connectivity index (χ2v) is 9.21. The largest absolute Gasteiger partial charge is 0.487 e. The quantitative estimate of drug-likeness (QED) is 0.521. The van der Waals surface area contributed by atoms with Crippen LogP contribution in [0.2, 0.25) is 0 Å². The van der Waals surface area contributed by atoms with Gasteiger partial charge in [-0.05, 0) is 48.4 Å². The van der Waals surface area contributed by atoms with Crippen molar-refractivity contribution in [3.05, 3.63) is 71.3 Å². The fourth-order valence-corrected chi connectivity index (χ4v) is 4.53. The van der Waals surface area contributed by atoms with Crippen molar-refractivity contribution in [3.63, 3.8) is 0 Å². The topological polar surface area (TPSA) is 65.6 Å². The summed E-state index contributed by atoms with van der Waals surface area (Å²) in [5.74, 6) is 0.780. The number of benzene rings is 3. The highest BCUT2D eigenvalue weighted by atomic mass is 16.5. The van der Waals surface area contributed by atoms with Crippen LogP contribution < -0.4 is 25.6 Å². The van der Waals surface area contributed by atoms with Crippen molar-refractivity contribution in [1.29, 1.82) is 0 Å². The Labute approximate surface area is 195 Å². The second-order valence-electron chi connectivity index (χ2n) is 9.21. The van der Waals surface area contributed by atoms with Crippen LogP contribution in [0.3, 0.4) is 0 Å². The lowest BCUT2D eigenvalue weighted by Crippen LogP contribution is -2.56. The minimum Gasteiger partial charge on any atom is -0.487 e. The zero-order chi connectivity index (χ0) is 22.9. The van der Waals surface area contributed by atoms with Crippen molar-refractivity contribution in [3.8, 4) is 5.75 Å². The summed E-state index contributed by atoms with van der Waals surface area (Å²) in [4.78, 5) is 15.7. The van der Waals surface area contributed by atoms with E-state index in [1.165, 1.54) is 0 Å². The van der Waals surface area contributed by atoms with Crippen LogP contribution in [-0.4, -0.2) is 51.3 Å². The zero-order valence-corrected chi connectivity index (χ0v) is 19.5. The van der Waals surface area contributed by atoms with E-state index in [-0.39, 0.29) is 18.1 Å². The van der Waals surface area contributed by atoms with Crippen LogP contribution in [0, 0.1) is 6.92 Å². The molecule has 6 nitrogen and oxygen atoms in total. The van der Waals surface area contributed by atoms with E-state index in [9.17, 15) is 4.79 Å². The Morgan fingerprint density at radius 2 is 1.82 bits per heavy atom. The first-order valence-corrected chi connectivity index (χ1v) is 11.8. The first-order chi connectivity index (χ1) is 16.0. The number of hydrogen-bond donors (Lipinski definition) is 3. The van der Waals surface area contributed by atoms with Gasteiger partial charge in [0.05, 0.1) is 12.1 Å². The normalized spacial score (nSPS) is 17.2. The molecule has 0 bridgehead atoms. The molecule has 0 radical (unpaired) electrons. The van der Waals surface area contributed by atoms with Gasteiger partial charge in [-0.2, -0.15) is 0 Å². The third-order valence-electron chi connectivity index (χ3n) is 6.93. The number of hydrogen-bond acceptors (Lipinski definition) is 5. The predicted octanol–water partition coefficient (Wildman–Crippen LogP) is 3.40. The maximum absolute atomic E-state index is 13.4. The number of carbonyl (C=O) groups excluding carboxylic acids is 1. The van der Waals surface area contributed by atoms with E-state index in [0.717, 1.165) is 59.5 Å². The van der Waals surface area contributed by atoms with Gasteiger partial charge in [-0.3, -0.25) is 4.79 Å². The molecule has 33 heavy (non-hydrogen) atoms. The van der Waals surface area contributed by atoms with Gasteiger partial charge < -0.3 is 25.6 Å². The van der Waals surface area contributed by atoms with E-state index in [4.69, 9.17) is 4.74 Å². The third kappa shape index (κ3) is 4.28. The standard InChI is InChI=1S/C27H32N4O2/c1-17-8-10-20(31(3)21-13-28-14-21)12-24(17)27(32)30-18(2)26-23-7-5-4-6-19(23)9-11-25(26)33-22-15-29-16-22/h4-12,18,21-22,28-29H,13-16H2,1-3H3,(H,30,32). The van der Waals surface area contributed by atoms with Gasteiger partial charge in [0.25, 0.3) is 5.91 Å². The van der Waals surface area contributed by atoms with Crippen LogP contribution in [0.5, 0.6) is 5.75 Å². The molecule has 6 heteroatoms. The molecule has 2 saturated heterocycles. The van der Waals surface area contributed by atoms with Crippen LogP contribution in [0.4, 0.5) is 5.69 Å². The molecular formula is C27H32N4O2. The molecule has 0 aromatic heterocycles. The molecule has 3 N–H and O–H groups in total. The molecule has 5 rings (SSSR count). The highest BCUT2D eigenvalue weighted by molar-refractivity contribution is 5.97. The molecule has 2 aliphatic heterocycles. The van der Waals surface area contributed by atoms with Crippen LogP contribution in [0.15, 0.2) is 54.6 Å². The van der Waals surface area contributed by atoms with E-state index in [1.54, 1.807) is 0 Å². The molecule has 0 saturated carbocycles. The van der Waals surface area contributed by atoms with Crippen molar-refractivity contribution in [2.75, 3.05) is 38.1 Å². The van der Waals surface area contributed by atoms with Crippen LogP contribution >= 0.6 is 0 Å². The van der Waals surface area contributed by atoms with Gasteiger partial charge in [0.2, 0.25) is 0 Å². The van der Waals surface area contributed by atoms with E-state index < -0.39 is 0 Å². The summed E-state index contributed by atoms with van der Waals surface area (Å²) in [5.41, 5.74) is 3.78. The monoisotopic (exact) mass is 444 g/mol. The summed E-state index contributed by atoms with van der Waals surface area (Å²) < 4.78 is 6.29. The van der Waals surface area contributed by atoms with E-state index in [2.05, 4.69) is 52.2 Å². The Morgan fingerprint density at radius 3 is 2.52 bits per heavy atom. The summed E-state index contributed by atoms with van der Waals surface area (Å²) in [6, 6.07) is 18.8. The average molecular weight is 445 g/mol. The minimum absolute atomic E-state index is 0.0637. The summed E-state index contributed by atoms with van der Waals surface area (Å²) in [7, 11) is 2.09. The summed E-state index contributed by atoms with van der Waals surface area (Å²) in [6.45, 7) is 7.68. The molecule has 3 aromatic carbocycles. The number of nitrogens with zero attached hydrogens (tertiary/aromatic N) is 1. The van der Waals surface area contributed by atoms with Gasteiger partial charge in [0, 0.05) is 50.0 Å². The van der Waals surface area contributed by atoms with Gasteiger partial charge in [-0.1, -0.05) is 36.4 Å². The number of ether oxygens (including phenoxy) is 1. The lowest BCUT2D eigenvalue weighted by Gasteiger charge is -2.37. The van der Waals surface area contributed by atoms with Crippen molar-refractivity contribution < 1.29 is 9.53 Å². The number of likely N-dealkylation sites (N-methyl/N-ethyl adjacent to an activating group) is 1. The molecule has 1 atom stereocenters. The van der Waals surface area contributed by atoms with Crippen LogP contribution in [0.1, 0.15) is 34.5 Å². The van der Waals surface area contributed by atoms with Gasteiger partial charge >= 0.3 is 0 Å². The molecule has 2 fully saturated rings. The summed E-state index contributed by atoms with van der Waals surface area (Å²) >= 11 is 0. The Balaban J connectivity index is 1.43. The second kappa shape index (κ2) is 9.04. The Kier molecular flexibility index (Phi) is 5.96. The molecule has 1 unspecified atom stereocenters. The third-order valence-corrected chi connectivity index (χ3v) is 6.93. The van der Waals surface area contributed by atoms with E-state index in [0.29, 0.717) is 11.6 Å². The molecule has 2 heterocycles. The van der Waals surface area contributed by atoms with Crippen LogP contribution in [-0.2, 0) is 0 Å². The first-order valence-electron chi connectivity index (χ1n) is 11.8. The number of anilines is 1. The minimum atomic E-state index is -0.205. The van der Waals surface area contributed by atoms with Crippen molar-refractivity contribution in [2.45, 2.75) is 32.0 Å². The Morgan fingerprint density at radius 1 is 1.06 bits per heavy atom. The van der Waals surface area contributed by atoms with Crippen molar-refractivity contribution in [2.24, 2.45) is 0 Å². The molecule has 0 aliphatic carbocycles. The summed E-state index contributed by atoms with van der Waals surface area (Å²) in [5, 5.41) is 12.1. The highest BCUT2D eigenvalue weighted by Gasteiger charge is 2.25. The molecule has 2 aliphatic rings. The molecule has 3 aromatic rings. The zero-order valence-electron chi connectivity index (χ0n) is 19.5. The van der Waals surface area contributed by atoms with Gasteiger partial charge in [0.1, 0.15) is 11.9 Å². The van der Waals surface area contributed by atoms with Crippen molar-refractivity contribution in [1.82, 2.24) is 16.0 Å². The number of carbonyl (C=O) groups is 1. The fraction of sp³-hybridized carbons (Fsp3) is 0.370. The average Bonchev–Trinajstić information content (AvgIpc) is 2.74. The molecule has 172 valence electrons. The summed E-state index contributed by atoms with van der Waals surface area (Å²) in [6.07, 6.45) is 0.170. The maximum atomic E-state index is 13.4. The number of rotatable bonds is 7. The number of nitrogens with one attached hydrogen (secondary N) is 3. The lowest BCUT2D eigenvalue weighted by atomic mass is 9.97. The predicted molar refractivity (Wildman–Crippen MR) is 133 cm³/mol. The maximum Gasteiger partial charge on any atom is 0.252 e. The highest BCUT2D eigenvalue weighted by Crippen LogP contribution is 2.34. The first kappa shape index (κ1) is 21.7. The molecule has 1 amide bonds. The number of fused-ring (bicyclic) bond motifs is 1. The Hall–Kier alpha value is -3.09. The lowest BCUT2D eigenvalue weighted by molar-refractivity contribution is 0.0937. The fourth-order valence-electron chi connectivity index (χ4n) is 4.53. The van der Waals surface area contributed by atoms with Crippen molar-refractivity contribution >= 4 is 22.4 Å². The Bertz CT molecular complexity index is 1170. The SMILES string of the molecule is Cc1ccc(N(C)C2CNC2)cc1C(=O)NC(C)c1c(OC2CNC2)ccc2ccccc12. The molecular weight excluding hydrogens is 412 g/mol. The van der Waals surface area contributed by atoms with E-state index >= 15 is 0 Å². The number of amides is 1.